The molecule has 0 aliphatic carbocycles. The predicted octanol–water partition coefficient (Wildman–Crippen LogP) is 3.01. The molecule has 6 nitrogen and oxygen atoms in total. The Hall–Kier alpha value is -2.80. The molecule has 0 saturated carbocycles. The van der Waals surface area contributed by atoms with Crippen LogP contribution in [0.3, 0.4) is 0 Å². The summed E-state index contributed by atoms with van der Waals surface area (Å²) in [5.41, 5.74) is 2.46. The van der Waals surface area contributed by atoms with Gasteiger partial charge in [0, 0.05) is 24.6 Å². The van der Waals surface area contributed by atoms with Crippen LogP contribution in [0, 0.1) is 6.92 Å². The summed E-state index contributed by atoms with van der Waals surface area (Å²) in [6.45, 7) is 1.61. The van der Waals surface area contributed by atoms with Crippen LogP contribution in [0.1, 0.15) is 11.3 Å². The number of carbonyl (C=O) groups excluding carboxylic acids is 3. The number of amides is 3. The Balaban J connectivity index is 1.69. The Morgan fingerprint density at radius 2 is 2.04 bits per heavy atom. The van der Waals surface area contributed by atoms with Crippen LogP contribution in [-0.2, 0) is 16.6 Å². The van der Waals surface area contributed by atoms with Crippen LogP contribution >= 0.6 is 11.8 Å². The van der Waals surface area contributed by atoms with E-state index in [4.69, 9.17) is 0 Å². The number of carbonyl (C=O) groups is 3. The Kier molecular flexibility index (Phi) is 4.76. The van der Waals surface area contributed by atoms with Gasteiger partial charge >= 0.3 is 0 Å². The molecule has 0 radical (unpaired) electrons. The zero-order chi connectivity index (χ0) is 18.0. The maximum atomic E-state index is 12.4. The highest BCUT2D eigenvalue weighted by molar-refractivity contribution is 8.18. The molecule has 7 heteroatoms. The van der Waals surface area contributed by atoms with Gasteiger partial charge in [0.15, 0.2) is 0 Å². The van der Waals surface area contributed by atoms with E-state index in [-0.39, 0.29) is 6.54 Å². The number of imide groups is 1. The molecule has 1 aliphatic heterocycles. The number of benzene rings is 1. The molecule has 0 bridgehead atoms. The highest BCUT2D eigenvalue weighted by atomic mass is 32.2. The number of nitrogens with one attached hydrogen (secondary N) is 1. The maximum Gasteiger partial charge on any atom is 0.294 e. The summed E-state index contributed by atoms with van der Waals surface area (Å²) >= 11 is 0.845. The molecular formula is C18H17N3O3S. The molecule has 1 aliphatic rings. The Morgan fingerprint density at radius 1 is 1.24 bits per heavy atom. The van der Waals surface area contributed by atoms with Gasteiger partial charge in [-0.15, -0.1) is 0 Å². The first-order valence-electron chi connectivity index (χ1n) is 7.67. The second kappa shape index (κ2) is 6.98. The lowest BCUT2D eigenvalue weighted by Crippen LogP contribution is -2.36. The molecule has 25 heavy (non-hydrogen) atoms. The van der Waals surface area contributed by atoms with Gasteiger partial charge in [0.2, 0.25) is 5.91 Å². The van der Waals surface area contributed by atoms with Crippen LogP contribution in [0.25, 0.3) is 6.08 Å². The van der Waals surface area contributed by atoms with Crippen molar-refractivity contribution in [1.82, 2.24) is 9.47 Å². The third kappa shape index (κ3) is 3.83. The summed E-state index contributed by atoms with van der Waals surface area (Å²) in [5.74, 6) is -0.858. The summed E-state index contributed by atoms with van der Waals surface area (Å²) in [5, 5.41) is 2.26. The quantitative estimate of drug-likeness (QED) is 0.856. The van der Waals surface area contributed by atoms with Gasteiger partial charge < -0.3 is 9.88 Å². The van der Waals surface area contributed by atoms with Gasteiger partial charge in [-0.2, -0.15) is 0 Å². The van der Waals surface area contributed by atoms with Gasteiger partial charge in [0.25, 0.3) is 11.1 Å². The number of rotatable bonds is 4. The average Bonchev–Trinajstić information content (AvgIpc) is 3.06. The topological polar surface area (TPSA) is 71.4 Å². The minimum absolute atomic E-state index is 0.302. The second-order valence-electron chi connectivity index (χ2n) is 5.73. The third-order valence-corrected chi connectivity index (χ3v) is 4.65. The van der Waals surface area contributed by atoms with Crippen LogP contribution in [-0.4, -0.2) is 33.1 Å². The molecule has 2 aromatic rings. The average molecular weight is 355 g/mol. The van der Waals surface area contributed by atoms with E-state index < -0.39 is 17.1 Å². The number of nitrogens with zero attached hydrogens (tertiary/aromatic N) is 2. The number of aryl methyl sites for hydroxylation is 2. The Morgan fingerprint density at radius 3 is 2.72 bits per heavy atom. The van der Waals surface area contributed by atoms with Crippen molar-refractivity contribution in [1.29, 1.82) is 0 Å². The second-order valence-corrected chi connectivity index (χ2v) is 6.72. The fraction of sp³-hybridized carbons (Fsp3) is 0.167. The molecule has 3 rings (SSSR count). The fourth-order valence-corrected chi connectivity index (χ4v) is 3.28. The molecule has 0 unspecified atom stereocenters. The zero-order valence-corrected chi connectivity index (χ0v) is 14.7. The first kappa shape index (κ1) is 17.0. The van der Waals surface area contributed by atoms with E-state index in [1.807, 2.05) is 55.1 Å². The largest absolute Gasteiger partial charge is 0.351 e. The molecule has 128 valence electrons. The third-order valence-electron chi connectivity index (χ3n) is 3.74. The van der Waals surface area contributed by atoms with Gasteiger partial charge in [0.1, 0.15) is 6.54 Å². The molecule has 1 saturated heterocycles. The van der Waals surface area contributed by atoms with E-state index in [0.717, 1.165) is 27.9 Å². The summed E-state index contributed by atoms with van der Waals surface area (Å²) < 4.78 is 1.85. The summed E-state index contributed by atoms with van der Waals surface area (Å²) in [6.07, 6.45) is 3.51. The fourth-order valence-electron chi connectivity index (χ4n) is 2.46. The number of hydrogen-bond donors (Lipinski definition) is 1. The minimum atomic E-state index is -0.449. The highest BCUT2D eigenvalue weighted by Crippen LogP contribution is 2.32. The highest BCUT2D eigenvalue weighted by Gasteiger charge is 2.36. The van der Waals surface area contributed by atoms with Crippen LogP contribution in [0.2, 0.25) is 0 Å². The van der Waals surface area contributed by atoms with Crippen LogP contribution in [0.5, 0.6) is 0 Å². The van der Waals surface area contributed by atoms with Crippen molar-refractivity contribution >= 4 is 40.6 Å². The Labute approximate surface area is 149 Å². The van der Waals surface area contributed by atoms with E-state index in [0.29, 0.717) is 10.6 Å². The zero-order valence-electron chi connectivity index (χ0n) is 13.9. The molecule has 0 atom stereocenters. The molecule has 1 N–H and O–H groups in total. The Bertz CT molecular complexity index is 885. The number of anilines is 1. The lowest BCUT2D eigenvalue weighted by atomic mass is 10.2. The SMILES string of the molecule is Cc1cccc(NC(=O)CN2C(=O)S/C(=C\c3cccn3C)C2=O)c1. The van der Waals surface area contributed by atoms with E-state index in [1.54, 1.807) is 12.1 Å². The van der Waals surface area contributed by atoms with Crippen molar-refractivity contribution in [3.8, 4) is 0 Å². The van der Waals surface area contributed by atoms with E-state index in [1.165, 1.54) is 0 Å². The summed E-state index contributed by atoms with van der Waals surface area (Å²) in [7, 11) is 1.85. The molecular weight excluding hydrogens is 338 g/mol. The summed E-state index contributed by atoms with van der Waals surface area (Å²) in [6, 6.07) is 11.0. The molecule has 2 heterocycles. The van der Waals surface area contributed by atoms with Crippen molar-refractivity contribution in [2.45, 2.75) is 6.92 Å². The van der Waals surface area contributed by atoms with Crippen molar-refractivity contribution in [3.63, 3.8) is 0 Å². The molecule has 1 aromatic heterocycles. The van der Waals surface area contributed by atoms with Crippen LogP contribution in [0.15, 0.2) is 47.5 Å². The number of thioether (sulfide) groups is 1. The predicted molar refractivity (Wildman–Crippen MR) is 97.9 cm³/mol. The van der Waals surface area contributed by atoms with E-state index >= 15 is 0 Å². The summed E-state index contributed by atoms with van der Waals surface area (Å²) in [4.78, 5) is 37.9. The van der Waals surface area contributed by atoms with Crippen molar-refractivity contribution in [2.75, 3.05) is 11.9 Å². The van der Waals surface area contributed by atoms with Crippen molar-refractivity contribution in [2.24, 2.45) is 7.05 Å². The smallest absolute Gasteiger partial charge is 0.294 e. The van der Waals surface area contributed by atoms with Gasteiger partial charge in [-0.1, -0.05) is 12.1 Å². The van der Waals surface area contributed by atoms with Crippen LogP contribution < -0.4 is 5.32 Å². The number of hydrogen-bond acceptors (Lipinski definition) is 4. The maximum absolute atomic E-state index is 12.4. The van der Waals surface area contributed by atoms with Gasteiger partial charge in [-0.05, 0) is 54.6 Å². The van der Waals surface area contributed by atoms with Gasteiger partial charge in [-0.3, -0.25) is 19.3 Å². The normalized spacial score (nSPS) is 15.9. The molecule has 1 fully saturated rings. The van der Waals surface area contributed by atoms with Crippen molar-refractivity contribution < 1.29 is 14.4 Å². The standard InChI is InChI=1S/C18H17N3O3S/c1-12-5-3-6-13(9-12)19-16(22)11-21-17(23)15(25-18(21)24)10-14-7-4-8-20(14)2/h3-10H,11H2,1-2H3,(H,19,22)/b15-10-. The minimum Gasteiger partial charge on any atom is -0.351 e. The first-order chi connectivity index (χ1) is 11.9. The van der Waals surface area contributed by atoms with E-state index in [2.05, 4.69) is 5.32 Å². The van der Waals surface area contributed by atoms with Gasteiger partial charge in [0.05, 0.1) is 4.91 Å². The number of aromatic nitrogens is 1. The molecule has 1 aromatic carbocycles. The van der Waals surface area contributed by atoms with Crippen LogP contribution in [0.4, 0.5) is 10.5 Å². The monoisotopic (exact) mass is 355 g/mol. The molecule has 0 spiro atoms. The molecule has 3 amide bonds. The lowest BCUT2D eigenvalue weighted by molar-refractivity contribution is -0.127. The lowest BCUT2D eigenvalue weighted by Gasteiger charge is -2.12. The first-order valence-corrected chi connectivity index (χ1v) is 8.49. The van der Waals surface area contributed by atoms with Crippen molar-refractivity contribution in [3.05, 3.63) is 58.8 Å². The van der Waals surface area contributed by atoms with Gasteiger partial charge in [-0.25, -0.2) is 0 Å². The van der Waals surface area contributed by atoms with E-state index in [9.17, 15) is 14.4 Å².